The highest BCUT2D eigenvalue weighted by atomic mass is 16.6. The van der Waals surface area contributed by atoms with Crippen molar-refractivity contribution in [3.05, 3.63) is 64.2 Å². The number of ether oxygens (including phenoxy) is 2. The van der Waals surface area contributed by atoms with E-state index in [1.807, 2.05) is 30.3 Å². The zero-order valence-corrected chi connectivity index (χ0v) is 17.9. The summed E-state index contributed by atoms with van der Waals surface area (Å²) in [6, 6.07) is 14.7. The van der Waals surface area contributed by atoms with Gasteiger partial charge in [0, 0.05) is 37.7 Å². The summed E-state index contributed by atoms with van der Waals surface area (Å²) in [5.74, 6) is 1.56. The fraction of sp³-hybridized carbons (Fsp3) is 0.478. The third-order valence-electron chi connectivity index (χ3n) is 4.66. The van der Waals surface area contributed by atoms with Crippen LogP contribution in [-0.4, -0.2) is 41.7 Å². The Morgan fingerprint density at radius 1 is 1.14 bits per heavy atom. The Balaban J connectivity index is 0.000000941. The largest absolute Gasteiger partial charge is 0.492 e. The molecule has 158 valence electrons. The van der Waals surface area contributed by atoms with Crippen molar-refractivity contribution in [2.24, 2.45) is 0 Å². The lowest BCUT2D eigenvalue weighted by Gasteiger charge is -2.26. The lowest BCUT2D eigenvalue weighted by atomic mass is 10.1. The van der Waals surface area contributed by atoms with Crippen LogP contribution in [0.5, 0.6) is 11.5 Å². The lowest BCUT2D eigenvalue weighted by molar-refractivity contribution is -0.385. The number of hydrogen-bond acceptors (Lipinski definition) is 5. The summed E-state index contributed by atoms with van der Waals surface area (Å²) in [6.45, 7) is 11.3. The molecule has 0 aromatic heterocycles. The fourth-order valence-corrected chi connectivity index (χ4v) is 3.29. The molecule has 6 nitrogen and oxygen atoms in total. The van der Waals surface area contributed by atoms with E-state index in [0.717, 1.165) is 31.8 Å². The molecular formula is C23H32N2O4. The van der Waals surface area contributed by atoms with Gasteiger partial charge < -0.3 is 9.47 Å². The lowest BCUT2D eigenvalue weighted by Crippen LogP contribution is -2.37. The van der Waals surface area contributed by atoms with Crippen LogP contribution in [0.2, 0.25) is 0 Å². The molecule has 0 amide bonds. The van der Waals surface area contributed by atoms with E-state index >= 15 is 0 Å². The molecule has 0 aliphatic carbocycles. The van der Waals surface area contributed by atoms with Crippen LogP contribution in [0, 0.1) is 17.0 Å². The Hall–Kier alpha value is -2.60. The van der Waals surface area contributed by atoms with Gasteiger partial charge in [-0.1, -0.05) is 38.5 Å². The highest BCUT2D eigenvalue weighted by Gasteiger charge is 2.35. The Morgan fingerprint density at radius 2 is 1.83 bits per heavy atom. The van der Waals surface area contributed by atoms with Gasteiger partial charge >= 0.3 is 0 Å². The maximum absolute atomic E-state index is 10.9. The molecule has 6 heteroatoms. The van der Waals surface area contributed by atoms with Crippen molar-refractivity contribution >= 4 is 5.69 Å². The zero-order chi connectivity index (χ0) is 21.3. The molecule has 2 aromatic carbocycles. The molecule has 29 heavy (non-hydrogen) atoms. The third kappa shape index (κ3) is 7.06. The van der Waals surface area contributed by atoms with Crippen LogP contribution in [0.3, 0.4) is 0 Å². The summed E-state index contributed by atoms with van der Waals surface area (Å²) < 4.78 is 11.9. The summed E-state index contributed by atoms with van der Waals surface area (Å²) in [4.78, 5) is 12.9. The van der Waals surface area contributed by atoms with Crippen molar-refractivity contribution in [2.75, 3.05) is 26.2 Å². The minimum absolute atomic E-state index is 0.119. The number of aryl methyl sites for hydroxylation is 1. The highest BCUT2D eigenvalue weighted by molar-refractivity contribution is 5.44. The first-order valence-corrected chi connectivity index (χ1v) is 10.2. The van der Waals surface area contributed by atoms with Crippen molar-refractivity contribution in [1.29, 1.82) is 0 Å². The fourth-order valence-electron chi connectivity index (χ4n) is 3.29. The van der Waals surface area contributed by atoms with Crippen LogP contribution in [0.4, 0.5) is 5.69 Å². The summed E-state index contributed by atoms with van der Waals surface area (Å²) in [5.41, 5.74) is 0.436. The van der Waals surface area contributed by atoms with Crippen LogP contribution < -0.4 is 9.47 Å². The van der Waals surface area contributed by atoms with Gasteiger partial charge in [-0.2, -0.15) is 0 Å². The number of nitrogens with zero attached hydrogens (tertiary/aromatic N) is 2. The number of rotatable bonds is 7. The van der Waals surface area contributed by atoms with Crippen molar-refractivity contribution in [2.45, 2.75) is 46.1 Å². The Morgan fingerprint density at radius 3 is 2.45 bits per heavy atom. The van der Waals surface area contributed by atoms with E-state index < -0.39 is 0 Å². The molecule has 0 saturated carbocycles. The van der Waals surface area contributed by atoms with Crippen molar-refractivity contribution in [3.63, 3.8) is 0 Å². The maximum Gasteiger partial charge on any atom is 0.272 e. The predicted octanol–water partition coefficient (Wildman–Crippen LogP) is 5.24. The number of para-hydroxylation sites is 1. The molecule has 1 aliphatic rings. The molecule has 0 bridgehead atoms. The normalized spacial score (nSPS) is 18.6. The van der Waals surface area contributed by atoms with Gasteiger partial charge in [0.05, 0.1) is 4.92 Å². The molecule has 0 N–H and O–H groups in total. The number of likely N-dealkylation sites (tertiary alicyclic amines) is 1. The first kappa shape index (κ1) is 22.7. The van der Waals surface area contributed by atoms with Crippen molar-refractivity contribution in [1.82, 2.24) is 4.90 Å². The Bertz CT molecular complexity index is 782. The van der Waals surface area contributed by atoms with Crippen LogP contribution in [0.15, 0.2) is 48.5 Å². The maximum atomic E-state index is 10.9. The van der Waals surface area contributed by atoms with Gasteiger partial charge in [0.25, 0.3) is 5.69 Å². The molecule has 1 saturated heterocycles. The number of nitro groups is 1. The van der Waals surface area contributed by atoms with E-state index in [1.54, 1.807) is 19.1 Å². The van der Waals surface area contributed by atoms with E-state index in [1.165, 1.54) is 12.5 Å². The molecule has 1 atom stereocenters. The summed E-state index contributed by atoms with van der Waals surface area (Å²) >= 11 is 0. The van der Waals surface area contributed by atoms with Gasteiger partial charge in [-0.15, -0.1) is 0 Å². The number of hydrogen-bond donors (Lipinski definition) is 0. The van der Waals surface area contributed by atoms with E-state index in [9.17, 15) is 10.1 Å². The number of nitro benzene ring substituents is 1. The average Bonchev–Trinajstić information content (AvgIpc) is 3.03. The van der Waals surface area contributed by atoms with E-state index in [4.69, 9.17) is 9.47 Å². The summed E-state index contributed by atoms with van der Waals surface area (Å²) in [5, 5.41) is 10.9. The first-order chi connectivity index (χ1) is 13.9. The SMILES string of the molecule is CCC.Cc1cc(OC2(C)CCN(CCOc3ccccc3)C2)ccc1[N+](=O)[O-]. The molecule has 1 heterocycles. The molecule has 0 radical (unpaired) electrons. The molecule has 3 rings (SSSR count). The van der Waals surface area contributed by atoms with Crippen LogP contribution in [-0.2, 0) is 0 Å². The van der Waals surface area contributed by atoms with E-state index in [2.05, 4.69) is 25.7 Å². The summed E-state index contributed by atoms with van der Waals surface area (Å²) in [6.07, 6.45) is 2.16. The smallest absolute Gasteiger partial charge is 0.272 e. The third-order valence-corrected chi connectivity index (χ3v) is 4.66. The highest BCUT2D eigenvalue weighted by Crippen LogP contribution is 2.30. The first-order valence-electron chi connectivity index (χ1n) is 10.2. The molecule has 0 spiro atoms. The molecule has 1 fully saturated rings. The van der Waals surface area contributed by atoms with Gasteiger partial charge in [0.2, 0.25) is 0 Å². The van der Waals surface area contributed by atoms with Gasteiger partial charge in [0.1, 0.15) is 23.7 Å². The van der Waals surface area contributed by atoms with Gasteiger partial charge in [-0.25, -0.2) is 0 Å². The standard InChI is InChI=1S/C20H24N2O4.C3H8/c1-16-14-18(8-9-19(16)22(23)24)26-20(2)10-11-21(15-20)12-13-25-17-6-4-3-5-7-17;1-3-2/h3-9,14H,10-13,15H2,1-2H3;3H2,1-2H3. The molecule has 1 aliphatic heterocycles. The minimum Gasteiger partial charge on any atom is -0.492 e. The molecule has 2 aromatic rings. The summed E-state index contributed by atoms with van der Waals surface area (Å²) in [7, 11) is 0. The second-order valence-electron chi connectivity index (χ2n) is 7.65. The Labute approximate surface area is 173 Å². The van der Waals surface area contributed by atoms with Gasteiger partial charge in [-0.05, 0) is 38.1 Å². The monoisotopic (exact) mass is 400 g/mol. The predicted molar refractivity (Wildman–Crippen MR) is 116 cm³/mol. The molecule has 1 unspecified atom stereocenters. The van der Waals surface area contributed by atoms with Crippen LogP contribution >= 0.6 is 0 Å². The van der Waals surface area contributed by atoms with Gasteiger partial charge in [0.15, 0.2) is 0 Å². The minimum atomic E-state index is -0.370. The number of benzene rings is 2. The van der Waals surface area contributed by atoms with Crippen molar-refractivity contribution in [3.8, 4) is 11.5 Å². The average molecular weight is 401 g/mol. The van der Waals surface area contributed by atoms with Crippen LogP contribution in [0.25, 0.3) is 0 Å². The van der Waals surface area contributed by atoms with Crippen LogP contribution in [0.1, 0.15) is 39.2 Å². The second-order valence-corrected chi connectivity index (χ2v) is 7.65. The zero-order valence-electron chi connectivity index (χ0n) is 17.9. The molecular weight excluding hydrogens is 368 g/mol. The second kappa shape index (κ2) is 10.8. The topological polar surface area (TPSA) is 64.8 Å². The van der Waals surface area contributed by atoms with E-state index in [0.29, 0.717) is 17.9 Å². The van der Waals surface area contributed by atoms with Gasteiger partial charge in [-0.3, -0.25) is 15.0 Å². The quantitative estimate of drug-likeness (QED) is 0.470. The Kier molecular flexibility index (Phi) is 8.46. The van der Waals surface area contributed by atoms with Crippen molar-refractivity contribution < 1.29 is 14.4 Å². The van der Waals surface area contributed by atoms with E-state index in [-0.39, 0.29) is 16.2 Å².